The number of carbonyl (C=O) groups is 2. The molecule has 4 rings (SSSR count). The molecule has 2 amide bonds. The molecule has 8 heteroatoms. The van der Waals surface area contributed by atoms with Gasteiger partial charge in [-0.3, -0.25) is 19.6 Å². The molecule has 0 bridgehead atoms. The molecular weight excluding hydrogens is 469 g/mol. The number of carbonyl (C=O) groups excluding carboxylic acids is 2. The minimum Gasteiger partial charge on any atom is -0.364 e. The molecule has 2 aromatic carbocycles. The molecule has 0 aliphatic rings. The van der Waals surface area contributed by atoms with Crippen LogP contribution in [0.3, 0.4) is 0 Å². The van der Waals surface area contributed by atoms with Crippen molar-refractivity contribution in [2.75, 3.05) is 5.32 Å². The van der Waals surface area contributed by atoms with Crippen LogP contribution in [0.2, 0.25) is 0 Å². The Morgan fingerprint density at radius 3 is 2.41 bits per heavy atom. The van der Waals surface area contributed by atoms with Gasteiger partial charge in [0.25, 0.3) is 11.8 Å². The number of halogens is 1. The molecule has 2 aromatic heterocycles. The summed E-state index contributed by atoms with van der Waals surface area (Å²) in [5.41, 5.74) is 9.15. The molecule has 37 heavy (non-hydrogen) atoms. The van der Waals surface area contributed by atoms with Gasteiger partial charge in [-0.15, -0.1) is 0 Å². The summed E-state index contributed by atoms with van der Waals surface area (Å²) in [6.45, 7) is 5.20. The van der Waals surface area contributed by atoms with E-state index in [0.29, 0.717) is 11.3 Å². The Kier molecular flexibility index (Phi) is 6.81. The Balaban J connectivity index is 1.68. The largest absolute Gasteiger partial charge is 0.364 e. The first-order valence-corrected chi connectivity index (χ1v) is 11.4. The number of pyridine rings is 2. The van der Waals surface area contributed by atoms with Gasteiger partial charge in [-0.25, -0.2) is 4.39 Å². The fraction of sp³-hybridized carbons (Fsp3) is 0.138. The lowest BCUT2D eigenvalue weighted by atomic mass is 9.90. The summed E-state index contributed by atoms with van der Waals surface area (Å²) < 4.78 is 14.9. The summed E-state index contributed by atoms with van der Waals surface area (Å²) in [5.74, 6) is -1.71. The van der Waals surface area contributed by atoms with E-state index in [0.717, 1.165) is 22.3 Å². The average Bonchev–Trinajstić information content (AvgIpc) is 2.90. The number of rotatable bonds is 6. The second-order valence-corrected chi connectivity index (χ2v) is 9.14. The number of benzene rings is 2. The van der Waals surface area contributed by atoms with Crippen LogP contribution < -0.4 is 11.1 Å². The lowest BCUT2D eigenvalue weighted by Gasteiger charge is -2.16. The van der Waals surface area contributed by atoms with Crippen molar-refractivity contribution in [2.24, 2.45) is 5.73 Å². The number of nitrogens with one attached hydrogen (secondary N) is 1. The van der Waals surface area contributed by atoms with Crippen molar-refractivity contribution in [3.05, 3.63) is 101 Å². The van der Waals surface area contributed by atoms with Gasteiger partial charge in [-0.2, -0.15) is 5.26 Å². The number of aryl methyl sites for hydroxylation is 1. The lowest BCUT2D eigenvalue weighted by Crippen LogP contribution is -2.19. The molecule has 0 atom stereocenters. The fourth-order valence-corrected chi connectivity index (χ4v) is 3.86. The van der Waals surface area contributed by atoms with Crippen LogP contribution in [-0.2, 0) is 5.41 Å². The summed E-state index contributed by atoms with van der Waals surface area (Å²) in [6.07, 6.45) is 2.97. The third kappa shape index (κ3) is 5.36. The maximum atomic E-state index is 14.9. The average molecular weight is 494 g/mol. The van der Waals surface area contributed by atoms with Crippen molar-refractivity contribution in [2.45, 2.75) is 26.2 Å². The topological polar surface area (TPSA) is 122 Å². The zero-order valence-corrected chi connectivity index (χ0v) is 20.5. The number of hydrogen-bond donors (Lipinski definition) is 2. The van der Waals surface area contributed by atoms with Crippen LogP contribution in [0.4, 0.5) is 10.1 Å². The normalized spacial score (nSPS) is 11.0. The van der Waals surface area contributed by atoms with Crippen LogP contribution in [-0.4, -0.2) is 21.8 Å². The first-order valence-electron chi connectivity index (χ1n) is 11.4. The van der Waals surface area contributed by atoms with Gasteiger partial charge < -0.3 is 11.1 Å². The molecule has 0 spiro atoms. The smallest absolute Gasteiger partial charge is 0.267 e. The van der Waals surface area contributed by atoms with Crippen LogP contribution >= 0.6 is 0 Å². The zero-order chi connectivity index (χ0) is 26.7. The maximum Gasteiger partial charge on any atom is 0.267 e. The molecule has 0 unspecified atom stereocenters. The highest BCUT2D eigenvalue weighted by Crippen LogP contribution is 2.32. The van der Waals surface area contributed by atoms with Gasteiger partial charge in [0.2, 0.25) is 0 Å². The zero-order valence-electron chi connectivity index (χ0n) is 20.5. The van der Waals surface area contributed by atoms with Gasteiger partial charge in [-0.1, -0.05) is 18.2 Å². The summed E-state index contributed by atoms with van der Waals surface area (Å²) in [5, 5.41) is 12.0. The summed E-state index contributed by atoms with van der Waals surface area (Å²) in [4.78, 5) is 32.7. The highest BCUT2D eigenvalue weighted by Gasteiger charge is 2.23. The molecule has 0 saturated carbocycles. The molecule has 2 heterocycles. The van der Waals surface area contributed by atoms with Gasteiger partial charge in [-0.05, 0) is 91.1 Å². The third-order valence-corrected chi connectivity index (χ3v) is 6.02. The van der Waals surface area contributed by atoms with Crippen LogP contribution in [0.15, 0.2) is 73.1 Å². The quantitative estimate of drug-likeness (QED) is 0.372. The van der Waals surface area contributed by atoms with Crippen LogP contribution in [0.25, 0.3) is 22.3 Å². The Bertz CT molecular complexity index is 1570. The second kappa shape index (κ2) is 9.99. The number of anilines is 1. The Morgan fingerprint density at radius 2 is 1.68 bits per heavy atom. The molecule has 7 nitrogen and oxygen atoms in total. The van der Waals surface area contributed by atoms with Crippen LogP contribution in [0.5, 0.6) is 0 Å². The van der Waals surface area contributed by atoms with Crippen molar-refractivity contribution >= 4 is 17.5 Å². The lowest BCUT2D eigenvalue weighted by molar-refractivity contribution is 0.0993. The second-order valence-electron chi connectivity index (χ2n) is 9.14. The number of nitriles is 1. The van der Waals surface area contributed by atoms with E-state index in [1.807, 2.05) is 24.3 Å². The monoisotopic (exact) mass is 493 g/mol. The first kappa shape index (κ1) is 25.2. The predicted molar refractivity (Wildman–Crippen MR) is 139 cm³/mol. The van der Waals surface area contributed by atoms with Gasteiger partial charge in [0, 0.05) is 18.0 Å². The van der Waals surface area contributed by atoms with Crippen LogP contribution in [0.1, 0.15) is 46.0 Å². The first-order chi connectivity index (χ1) is 17.6. The van der Waals surface area contributed by atoms with Crippen molar-refractivity contribution in [3.8, 4) is 28.3 Å². The van der Waals surface area contributed by atoms with E-state index in [-0.39, 0.29) is 16.9 Å². The van der Waals surface area contributed by atoms with Crippen molar-refractivity contribution in [3.63, 3.8) is 0 Å². The third-order valence-electron chi connectivity index (χ3n) is 6.02. The Hall–Kier alpha value is -4.90. The van der Waals surface area contributed by atoms with E-state index in [4.69, 9.17) is 5.73 Å². The van der Waals surface area contributed by atoms with E-state index >= 15 is 0 Å². The van der Waals surface area contributed by atoms with E-state index < -0.39 is 23.0 Å². The molecule has 0 radical (unpaired) electrons. The number of primary amides is 1. The minimum atomic E-state index is -0.878. The number of nitrogens with two attached hydrogens (primary N) is 1. The summed E-state index contributed by atoms with van der Waals surface area (Å²) >= 11 is 0. The number of nitrogens with zero attached hydrogens (tertiary/aromatic N) is 3. The van der Waals surface area contributed by atoms with Gasteiger partial charge >= 0.3 is 0 Å². The minimum absolute atomic E-state index is 0.0221. The van der Waals surface area contributed by atoms with Crippen molar-refractivity contribution in [1.82, 2.24) is 9.97 Å². The van der Waals surface area contributed by atoms with E-state index in [9.17, 15) is 19.2 Å². The SMILES string of the molecule is Cc1cc(F)c(NC(=O)c2ccnc(C(C)(C)C#N)c2)cc1-c1cccc(-c2ccnc(C(N)=O)c2)c1. The number of aromatic nitrogens is 2. The molecule has 0 fully saturated rings. The molecular formula is C29H24FN5O2. The van der Waals surface area contributed by atoms with Crippen molar-refractivity contribution < 1.29 is 14.0 Å². The molecule has 0 aliphatic heterocycles. The molecule has 0 saturated heterocycles. The summed E-state index contributed by atoms with van der Waals surface area (Å²) in [7, 11) is 0. The van der Waals surface area contributed by atoms with Gasteiger partial charge in [0.05, 0.1) is 22.9 Å². The van der Waals surface area contributed by atoms with Crippen molar-refractivity contribution in [1.29, 1.82) is 5.26 Å². The number of amides is 2. The molecule has 3 N–H and O–H groups in total. The van der Waals surface area contributed by atoms with E-state index in [2.05, 4.69) is 21.4 Å². The number of hydrogen-bond acceptors (Lipinski definition) is 5. The van der Waals surface area contributed by atoms with Crippen LogP contribution in [0, 0.1) is 24.1 Å². The van der Waals surface area contributed by atoms with Gasteiger partial charge in [0.1, 0.15) is 11.5 Å². The maximum absolute atomic E-state index is 14.9. The highest BCUT2D eigenvalue weighted by molar-refractivity contribution is 6.04. The Labute approximate surface area is 213 Å². The van der Waals surface area contributed by atoms with Gasteiger partial charge in [0.15, 0.2) is 0 Å². The molecule has 4 aromatic rings. The van der Waals surface area contributed by atoms with E-state index in [1.165, 1.54) is 30.6 Å². The standard InChI is InChI=1S/C29H24FN5O2/c1-17-11-23(30)24(35-28(37)21-8-10-34-26(14-21)29(2,3)16-31)15-22(17)20-6-4-5-18(12-20)19-7-9-33-25(13-19)27(32)36/h4-15H,1-3H3,(H2,32,36)(H,35,37). The summed E-state index contributed by atoms with van der Waals surface area (Å²) in [6, 6.07) is 19.1. The van der Waals surface area contributed by atoms with E-state index in [1.54, 1.807) is 39.0 Å². The molecule has 184 valence electrons. The Morgan fingerprint density at radius 1 is 0.973 bits per heavy atom. The molecule has 0 aliphatic carbocycles. The predicted octanol–water partition coefficient (Wildman–Crippen LogP) is 5.41. The fourth-order valence-electron chi connectivity index (χ4n) is 3.86. The highest BCUT2D eigenvalue weighted by atomic mass is 19.1.